The summed E-state index contributed by atoms with van der Waals surface area (Å²) in [6.45, 7) is 1.80. The van der Waals surface area contributed by atoms with Crippen molar-refractivity contribution in [3.63, 3.8) is 0 Å². The van der Waals surface area contributed by atoms with Gasteiger partial charge in [0.2, 0.25) is 0 Å². The zero-order chi connectivity index (χ0) is 10.3. The first-order valence-corrected chi connectivity index (χ1v) is 4.78. The van der Waals surface area contributed by atoms with Crippen molar-refractivity contribution >= 4 is 0 Å². The van der Waals surface area contributed by atoms with Gasteiger partial charge in [-0.05, 0) is 31.9 Å². The number of nitrogens with two attached hydrogens (primary N) is 1. The van der Waals surface area contributed by atoms with Gasteiger partial charge in [-0.25, -0.2) is 8.78 Å². The van der Waals surface area contributed by atoms with Crippen LogP contribution in [-0.2, 0) is 5.41 Å². The van der Waals surface area contributed by atoms with E-state index in [2.05, 4.69) is 0 Å². The molecule has 2 N–H and O–H groups in total. The highest BCUT2D eigenvalue weighted by Crippen LogP contribution is 2.51. The lowest BCUT2D eigenvalue weighted by molar-refractivity contribution is 0.472. The molecular weight excluding hydrogens is 184 g/mol. The lowest BCUT2D eigenvalue weighted by Gasteiger charge is -2.21. The Morgan fingerprint density at radius 2 is 1.79 bits per heavy atom. The second-order valence-corrected chi connectivity index (χ2v) is 4.04. The summed E-state index contributed by atoms with van der Waals surface area (Å²) in [5.41, 5.74) is 5.50. The molecular formula is C11H13F2N. The van der Waals surface area contributed by atoms with Gasteiger partial charge >= 0.3 is 0 Å². The zero-order valence-electron chi connectivity index (χ0n) is 8.06. The Bertz CT molecular complexity index is 336. The number of hydrogen-bond donors (Lipinski definition) is 1. The van der Waals surface area contributed by atoms with Gasteiger partial charge in [0.15, 0.2) is 0 Å². The van der Waals surface area contributed by atoms with E-state index < -0.39 is 17.0 Å². The molecule has 1 unspecified atom stereocenters. The molecule has 1 fully saturated rings. The van der Waals surface area contributed by atoms with Crippen LogP contribution < -0.4 is 5.73 Å². The average molecular weight is 197 g/mol. The molecule has 1 aromatic rings. The van der Waals surface area contributed by atoms with Crippen LogP contribution in [0.25, 0.3) is 0 Å². The Balaban J connectivity index is 2.51. The van der Waals surface area contributed by atoms with Gasteiger partial charge in [-0.1, -0.05) is 6.07 Å². The van der Waals surface area contributed by atoms with Crippen molar-refractivity contribution in [2.24, 2.45) is 5.73 Å². The number of benzene rings is 1. The van der Waals surface area contributed by atoms with E-state index in [0.29, 0.717) is 0 Å². The van der Waals surface area contributed by atoms with E-state index in [1.807, 2.05) is 0 Å². The van der Waals surface area contributed by atoms with E-state index >= 15 is 0 Å². The summed E-state index contributed by atoms with van der Waals surface area (Å²) in [7, 11) is 0. The van der Waals surface area contributed by atoms with Crippen LogP contribution in [0.4, 0.5) is 8.78 Å². The Labute approximate surface area is 81.9 Å². The number of hydrogen-bond acceptors (Lipinski definition) is 1. The van der Waals surface area contributed by atoms with E-state index in [1.165, 1.54) is 18.2 Å². The fourth-order valence-electron chi connectivity index (χ4n) is 2.04. The van der Waals surface area contributed by atoms with Gasteiger partial charge in [-0.15, -0.1) is 0 Å². The van der Waals surface area contributed by atoms with Crippen molar-refractivity contribution in [2.45, 2.75) is 31.2 Å². The first kappa shape index (κ1) is 9.59. The fraction of sp³-hybridized carbons (Fsp3) is 0.455. The van der Waals surface area contributed by atoms with Crippen LogP contribution in [0.5, 0.6) is 0 Å². The summed E-state index contributed by atoms with van der Waals surface area (Å²) in [6.07, 6.45) is 1.56. The molecule has 0 aromatic heterocycles. The highest BCUT2D eigenvalue weighted by Gasteiger charge is 2.50. The molecule has 0 bridgehead atoms. The van der Waals surface area contributed by atoms with Crippen molar-refractivity contribution in [2.75, 3.05) is 0 Å². The van der Waals surface area contributed by atoms with Gasteiger partial charge in [0.25, 0.3) is 0 Å². The minimum Gasteiger partial charge on any atom is -0.327 e. The van der Waals surface area contributed by atoms with Crippen molar-refractivity contribution < 1.29 is 8.78 Å². The van der Waals surface area contributed by atoms with Gasteiger partial charge in [0.1, 0.15) is 11.6 Å². The molecule has 0 amide bonds. The van der Waals surface area contributed by atoms with E-state index in [1.54, 1.807) is 6.92 Å². The second kappa shape index (κ2) is 3.02. The van der Waals surface area contributed by atoms with Crippen LogP contribution >= 0.6 is 0 Å². The third-order valence-electron chi connectivity index (χ3n) is 3.12. The van der Waals surface area contributed by atoms with Gasteiger partial charge in [0, 0.05) is 17.0 Å². The van der Waals surface area contributed by atoms with Crippen molar-refractivity contribution in [3.05, 3.63) is 35.4 Å². The molecule has 3 heteroatoms. The molecule has 0 heterocycles. The molecule has 1 nitrogen and oxygen atoms in total. The Morgan fingerprint density at radius 3 is 2.14 bits per heavy atom. The van der Waals surface area contributed by atoms with Gasteiger partial charge in [-0.3, -0.25) is 0 Å². The molecule has 0 saturated heterocycles. The van der Waals surface area contributed by atoms with Crippen LogP contribution in [0, 0.1) is 11.6 Å². The molecule has 1 aliphatic rings. The van der Waals surface area contributed by atoms with Crippen LogP contribution in [0.1, 0.15) is 25.3 Å². The molecule has 76 valence electrons. The lowest BCUT2D eigenvalue weighted by atomic mass is 9.88. The third-order valence-corrected chi connectivity index (χ3v) is 3.12. The molecule has 2 rings (SSSR count). The topological polar surface area (TPSA) is 26.0 Å². The SMILES string of the molecule is CC(N)C1(c2c(F)cccc2F)CC1. The van der Waals surface area contributed by atoms with E-state index in [-0.39, 0.29) is 11.6 Å². The minimum absolute atomic E-state index is 0.176. The smallest absolute Gasteiger partial charge is 0.129 e. The summed E-state index contributed by atoms with van der Waals surface area (Å²) in [5.74, 6) is -0.945. The third kappa shape index (κ3) is 1.23. The number of halogens is 2. The molecule has 14 heavy (non-hydrogen) atoms. The summed E-state index contributed by atoms with van der Waals surface area (Å²) < 4.78 is 26.9. The molecule has 0 spiro atoms. The summed E-state index contributed by atoms with van der Waals surface area (Å²) in [5, 5.41) is 0. The summed E-state index contributed by atoms with van der Waals surface area (Å²) in [4.78, 5) is 0. The Morgan fingerprint density at radius 1 is 1.29 bits per heavy atom. The highest BCUT2D eigenvalue weighted by molar-refractivity contribution is 5.35. The first-order chi connectivity index (χ1) is 6.58. The van der Waals surface area contributed by atoms with E-state index in [9.17, 15) is 8.78 Å². The molecule has 0 aliphatic heterocycles. The van der Waals surface area contributed by atoms with Crippen molar-refractivity contribution in [1.29, 1.82) is 0 Å². The monoisotopic (exact) mass is 197 g/mol. The molecule has 1 aromatic carbocycles. The van der Waals surface area contributed by atoms with Crippen molar-refractivity contribution in [1.82, 2.24) is 0 Å². The first-order valence-electron chi connectivity index (χ1n) is 4.78. The molecule has 1 aliphatic carbocycles. The zero-order valence-corrected chi connectivity index (χ0v) is 8.06. The predicted molar refractivity (Wildman–Crippen MR) is 50.9 cm³/mol. The summed E-state index contributed by atoms with van der Waals surface area (Å²) in [6, 6.07) is 3.77. The average Bonchev–Trinajstić information content (AvgIpc) is 2.85. The fourth-order valence-corrected chi connectivity index (χ4v) is 2.04. The van der Waals surface area contributed by atoms with Crippen LogP contribution in [-0.4, -0.2) is 6.04 Å². The van der Waals surface area contributed by atoms with Crippen LogP contribution in [0.3, 0.4) is 0 Å². The quantitative estimate of drug-likeness (QED) is 0.773. The minimum atomic E-state index is -0.472. The largest absolute Gasteiger partial charge is 0.327 e. The maximum atomic E-state index is 13.5. The van der Waals surface area contributed by atoms with Gasteiger partial charge in [-0.2, -0.15) is 0 Å². The maximum Gasteiger partial charge on any atom is 0.129 e. The standard InChI is InChI=1S/C11H13F2N/c1-7(14)11(5-6-11)10-8(12)3-2-4-9(10)13/h2-4,7H,5-6,14H2,1H3. The molecule has 1 atom stereocenters. The van der Waals surface area contributed by atoms with Gasteiger partial charge < -0.3 is 5.73 Å². The lowest BCUT2D eigenvalue weighted by Crippen LogP contribution is -2.33. The van der Waals surface area contributed by atoms with Crippen molar-refractivity contribution in [3.8, 4) is 0 Å². The Kier molecular flexibility index (Phi) is 2.07. The van der Waals surface area contributed by atoms with Gasteiger partial charge in [0.05, 0.1) is 0 Å². The Hall–Kier alpha value is -0.960. The van der Waals surface area contributed by atoms with Crippen LogP contribution in [0.2, 0.25) is 0 Å². The normalized spacial score (nSPS) is 20.6. The molecule has 1 saturated carbocycles. The van der Waals surface area contributed by atoms with E-state index in [0.717, 1.165) is 12.8 Å². The maximum absolute atomic E-state index is 13.5. The highest BCUT2D eigenvalue weighted by atomic mass is 19.1. The van der Waals surface area contributed by atoms with E-state index in [4.69, 9.17) is 5.73 Å². The number of rotatable bonds is 2. The summed E-state index contributed by atoms with van der Waals surface area (Å²) >= 11 is 0. The van der Waals surface area contributed by atoms with Crippen LogP contribution in [0.15, 0.2) is 18.2 Å². The molecule has 0 radical (unpaired) electrons. The predicted octanol–water partition coefficient (Wildman–Crippen LogP) is 2.34. The second-order valence-electron chi connectivity index (χ2n) is 4.04.